The molecule has 1 aromatic rings. The molecular weight excluding hydrogens is 468 g/mol. The van der Waals surface area contributed by atoms with Gasteiger partial charge in [-0.15, -0.1) is 0 Å². The number of allylic oxidation sites excluding steroid dienone is 1. The average Bonchev–Trinajstić information content (AvgIpc) is 3.35. The number of aliphatic imine (C=N–C) groups is 2. The quantitative estimate of drug-likeness (QED) is 0.0866. The summed E-state index contributed by atoms with van der Waals surface area (Å²) in [5.74, 6) is 0.636. The number of nitrogens with two attached hydrogens (primary N) is 3. The molecule has 1 aromatic carbocycles. The highest BCUT2D eigenvalue weighted by Gasteiger charge is 2.39. The number of esters is 1. The van der Waals surface area contributed by atoms with E-state index in [4.69, 9.17) is 21.9 Å². The fourth-order valence-corrected chi connectivity index (χ4v) is 4.72. The van der Waals surface area contributed by atoms with Gasteiger partial charge < -0.3 is 37.9 Å². The lowest BCUT2D eigenvalue weighted by atomic mass is 9.81. The van der Waals surface area contributed by atoms with Gasteiger partial charge in [-0.25, -0.2) is 14.8 Å². The first-order valence-electron chi connectivity index (χ1n) is 12.9. The molecule has 2 aliphatic heterocycles. The summed E-state index contributed by atoms with van der Waals surface area (Å²) < 4.78 is 5.50. The van der Waals surface area contributed by atoms with Crippen LogP contribution in [0.3, 0.4) is 0 Å². The van der Waals surface area contributed by atoms with E-state index >= 15 is 0 Å². The number of nitrogens with one attached hydrogen (secondary N) is 3. The fourth-order valence-electron chi connectivity index (χ4n) is 4.72. The molecule has 1 saturated heterocycles. The lowest BCUT2D eigenvalue weighted by Gasteiger charge is -2.37. The first-order chi connectivity index (χ1) is 17.7. The van der Waals surface area contributed by atoms with E-state index in [9.17, 15) is 4.79 Å². The minimum Gasteiger partial charge on any atom is -0.458 e. The van der Waals surface area contributed by atoms with E-state index in [0.717, 1.165) is 49.2 Å². The molecule has 2 heterocycles. The summed E-state index contributed by atoms with van der Waals surface area (Å²) in [5.41, 5.74) is 21.5. The van der Waals surface area contributed by atoms with Gasteiger partial charge >= 0.3 is 5.97 Å². The zero-order valence-electron chi connectivity index (χ0n) is 22.2. The Balaban J connectivity index is 1.55. The van der Waals surface area contributed by atoms with Gasteiger partial charge in [0.1, 0.15) is 6.61 Å². The number of guanidine groups is 2. The van der Waals surface area contributed by atoms with Crippen molar-refractivity contribution < 1.29 is 9.53 Å². The predicted octanol–water partition coefficient (Wildman–Crippen LogP) is 2.16. The van der Waals surface area contributed by atoms with Gasteiger partial charge in [-0.1, -0.05) is 17.7 Å². The van der Waals surface area contributed by atoms with E-state index < -0.39 is 0 Å². The van der Waals surface area contributed by atoms with Crippen LogP contribution in [-0.2, 0) is 4.74 Å². The maximum atomic E-state index is 12.7. The molecule has 3 atom stereocenters. The number of rotatable bonds is 11. The maximum Gasteiger partial charge on any atom is 0.338 e. The fraction of sp³-hybridized carbons (Fsp3) is 0.519. The summed E-state index contributed by atoms with van der Waals surface area (Å²) >= 11 is 0. The van der Waals surface area contributed by atoms with Crippen LogP contribution in [-0.4, -0.2) is 56.7 Å². The third-order valence-electron chi connectivity index (χ3n) is 6.65. The summed E-state index contributed by atoms with van der Waals surface area (Å²) in [4.78, 5) is 20.9. The lowest BCUT2D eigenvalue weighted by Crippen LogP contribution is -2.39. The molecule has 37 heavy (non-hydrogen) atoms. The van der Waals surface area contributed by atoms with Crippen molar-refractivity contribution in [1.82, 2.24) is 10.6 Å². The number of fused-ring (bicyclic) bond motifs is 3. The van der Waals surface area contributed by atoms with E-state index in [-0.39, 0.29) is 24.6 Å². The second-order valence-corrected chi connectivity index (χ2v) is 9.91. The van der Waals surface area contributed by atoms with Crippen LogP contribution in [0.5, 0.6) is 0 Å². The zero-order chi connectivity index (χ0) is 26.8. The van der Waals surface area contributed by atoms with Gasteiger partial charge in [0.05, 0.1) is 18.7 Å². The topological polar surface area (TPSA) is 165 Å². The largest absolute Gasteiger partial charge is 0.458 e. The monoisotopic (exact) mass is 510 g/mol. The Bertz CT molecular complexity index is 1050. The summed E-state index contributed by atoms with van der Waals surface area (Å²) in [7, 11) is 0. The summed E-state index contributed by atoms with van der Waals surface area (Å²) in [6, 6.07) is 6.35. The molecular formula is C27H42N8O2. The Kier molecular flexibility index (Phi) is 10.4. The minimum atomic E-state index is -0.344. The standard InChI is InChI=1S/C27H42N8O2/c1-17(2)8-12-34-27(30)33-11-4-5-22-20-10-14-31-24(20)21-15-19(6-7-23(21)35-22)25(36)37-16-18(3)9-13-32-26(28)29/h6-9,15,20,22,24,31,35H,4-5,10-14,16H2,1-3H3,(H4,28,29,32)(H3,30,33,34)/b18-9+/t20?,22-,24?/m0/s1. The van der Waals surface area contributed by atoms with Crippen LogP contribution in [0, 0.1) is 5.92 Å². The SMILES string of the molecule is CC(C)=CCN=C(N)NCCC[C@@H]1Nc2ccc(C(=O)OC/C(C)=C/CN=C(N)N)cc2C2NCCC21. The summed E-state index contributed by atoms with van der Waals surface area (Å²) in [5, 5.41) is 10.6. The molecule has 0 saturated carbocycles. The van der Waals surface area contributed by atoms with E-state index in [1.165, 1.54) is 5.57 Å². The van der Waals surface area contributed by atoms with Gasteiger partial charge in [0.2, 0.25) is 0 Å². The highest BCUT2D eigenvalue weighted by molar-refractivity contribution is 5.90. The van der Waals surface area contributed by atoms with Crippen LogP contribution in [0.1, 0.15) is 62.0 Å². The van der Waals surface area contributed by atoms with Crippen molar-refractivity contribution in [3.05, 3.63) is 52.6 Å². The maximum absolute atomic E-state index is 12.7. The number of carbonyl (C=O) groups is 1. The number of benzene rings is 1. The lowest BCUT2D eigenvalue weighted by molar-refractivity contribution is 0.0539. The summed E-state index contributed by atoms with van der Waals surface area (Å²) in [6.07, 6.45) is 6.97. The van der Waals surface area contributed by atoms with Crippen molar-refractivity contribution in [3.63, 3.8) is 0 Å². The highest BCUT2D eigenvalue weighted by atomic mass is 16.5. The average molecular weight is 511 g/mol. The van der Waals surface area contributed by atoms with Crippen LogP contribution in [0.25, 0.3) is 0 Å². The minimum absolute atomic E-state index is 0.0336. The molecule has 2 aliphatic rings. The van der Waals surface area contributed by atoms with Crippen molar-refractivity contribution in [3.8, 4) is 0 Å². The van der Waals surface area contributed by atoms with Crippen molar-refractivity contribution in [1.29, 1.82) is 0 Å². The van der Waals surface area contributed by atoms with Crippen LogP contribution in [0.4, 0.5) is 5.69 Å². The van der Waals surface area contributed by atoms with Gasteiger partial charge in [0, 0.05) is 24.3 Å². The molecule has 9 N–H and O–H groups in total. The third kappa shape index (κ3) is 8.52. The van der Waals surface area contributed by atoms with Crippen molar-refractivity contribution in [2.24, 2.45) is 33.1 Å². The smallest absolute Gasteiger partial charge is 0.338 e. The number of nitrogens with zero attached hydrogens (tertiary/aromatic N) is 2. The number of ether oxygens (including phenoxy) is 1. The zero-order valence-corrected chi connectivity index (χ0v) is 22.2. The summed E-state index contributed by atoms with van der Waals surface area (Å²) in [6.45, 7) is 8.87. The molecule has 0 spiro atoms. The molecule has 0 aliphatic carbocycles. The molecule has 202 valence electrons. The van der Waals surface area contributed by atoms with E-state index in [1.54, 1.807) is 0 Å². The third-order valence-corrected chi connectivity index (χ3v) is 6.65. The van der Waals surface area contributed by atoms with Crippen LogP contribution < -0.4 is 33.2 Å². The first kappa shape index (κ1) is 28.0. The van der Waals surface area contributed by atoms with Gasteiger partial charge in [-0.05, 0) is 81.8 Å². The van der Waals surface area contributed by atoms with Crippen LogP contribution in [0.15, 0.2) is 51.5 Å². The normalized spacial score (nSPS) is 20.8. The Morgan fingerprint density at radius 2 is 1.95 bits per heavy atom. The Morgan fingerprint density at radius 3 is 2.70 bits per heavy atom. The molecule has 0 radical (unpaired) electrons. The Labute approximate surface area is 219 Å². The van der Waals surface area contributed by atoms with E-state index in [0.29, 0.717) is 36.6 Å². The van der Waals surface area contributed by atoms with Gasteiger partial charge in [-0.2, -0.15) is 0 Å². The van der Waals surface area contributed by atoms with Gasteiger partial charge in [0.25, 0.3) is 0 Å². The van der Waals surface area contributed by atoms with Gasteiger partial charge in [0.15, 0.2) is 11.9 Å². The van der Waals surface area contributed by atoms with E-state index in [2.05, 4.69) is 25.9 Å². The molecule has 10 nitrogen and oxygen atoms in total. The van der Waals surface area contributed by atoms with Crippen LogP contribution >= 0.6 is 0 Å². The van der Waals surface area contributed by atoms with Crippen molar-refractivity contribution in [2.45, 2.75) is 52.1 Å². The number of anilines is 1. The second kappa shape index (κ2) is 13.7. The first-order valence-corrected chi connectivity index (χ1v) is 12.9. The molecule has 3 rings (SSSR count). The molecule has 2 unspecified atom stereocenters. The molecule has 1 fully saturated rings. The number of carbonyl (C=O) groups excluding carboxylic acids is 1. The Hall–Kier alpha value is -3.53. The van der Waals surface area contributed by atoms with Crippen molar-refractivity contribution in [2.75, 3.05) is 38.1 Å². The van der Waals surface area contributed by atoms with Crippen LogP contribution in [0.2, 0.25) is 0 Å². The molecule has 0 amide bonds. The molecule has 0 aromatic heterocycles. The highest BCUT2D eigenvalue weighted by Crippen LogP contribution is 2.42. The number of hydrogen-bond acceptors (Lipinski definition) is 6. The van der Waals surface area contributed by atoms with Crippen molar-refractivity contribution >= 4 is 23.6 Å². The second-order valence-electron chi connectivity index (χ2n) is 9.91. The molecule has 0 bridgehead atoms. The van der Waals surface area contributed by atoms with Gasteiger partial charge in [-0.3, -0.25) is 0 Å². The van der Waals surface area contributed by atoms with E-state index in [1.807, 2.05) is 51.1 Å². The molecule has 10 heteroatoms. The Morgan fingerprint density at radius 1 is 1.16 bits per heavy atom. The predicted molar refractivity (Wildman–Crippen MR) is 151 cm³/mol. The number of hydrogen-bond donors (Lipinski definition) is 6.